The number of halogens is 2. The van der Waals surface area contributed by atoms with Gasteiger partial charge in [-0.25, -0.2) is 8.78 Å². The van der Waals surface area contributed by atoms with Crippen LogP contribution in [0.3, 0.4) is 0 Å². The summed E-state index contributed by atoms with van der Waals surface area (Å²) in [5, 5.41) is 0. The van der Waals surface area contributed by atoms with Crippen LogP contribution in [0.25, 0.3) is 0 Å². The largest absolute Gasteiger partial charge is 0.339 e. The Kier molecular flexibility index (Phi) is 2.32. The van der Waals surface area contributed by atoms with Crippen LogP contribution in [0.2, 0.25) is 0 Å². The molecular formula is C7H12F2N2O. The van der Waals surface area contributed by atoms with Crippen molar-refractivity contribution >= 4 is 5.91 Å². The first kappa shape index (κ1) is 9.38. The zero-order valence-electron chi connectivity index (χ0n) is 6.89. The second kappa shape index (κ2) is 2.97. The molecular weight excluding hydrogens is 166 g/mol. The highest BCUT2D eigenvalue weighted by molar-refractivity contribution is 5.87. The van der Waals surface area contributed by atoms with Crippen LogP contribution in [-0.4, -0.2) is 35.9 Å². The standard InChI is InChI=1S/C7H12F2N2O/c1-7(8,9)2-3-11-4-5(10)6(11)12/h5H,2-4,10H2,1H3. The first-order valence-electron chi connectivity index (χ1n) is 3.82. The van der Waals surface area contributed by atoms with Crippen LogP contribution < -0.4 is 5.73 Å². The van der Waals surface area contributed by atoms with Gasteiger partial charge in [-0.1, -0.05) is 0 Å². The zero-order valence-corrected chi connectivity index (χ0v) is 6.89. The molecule has 1 unspecified atom stereocenters. The van der Waals surface area contributed by atoms with Gasteiger partial charge in [-0.2, -0.15) is 0 Å². The van der Waals surface area contributed by atoms with Crippen LogP contribution in [0.4, 0.5) is 8.78 Å². The third-order valence-electron chi connectivity index (χ3n) is 1.87. The predicted molar refractivity (Wildman–Crippen MR) is 39.8 cm³/mol. The maximum Gasteiger partial charge on any atom is 0.247 e. The van der Waals surface area contributed by atoms with Crippen molar-refractivity contribution in [2.45, 2.75) is 25.3 Å². The number of likely N-dealkylation sites (tertiary alicyclic amines) is 1. The van der Waals surface area contributed by atoms with Gasteiger partial charge < -0.3 is 10.6 Å². The van der Waals surface area contributed by atoms with E-state index in [-0.39, 0.29) is 18.9 Å². The smallest absolute Gasteiger partial charge is 0.247 e. The molecule has 0 bridgehead atoms. The van der Waals surface area contributed by atoms with Crippen molar-refractivity contribution in [1.82, 2.24) is 4.90 Å². The Balaban J connectivity index is 2.22. The lowest BCUT2D eigenvalue weighted by Gasteiger charge is -2.36. The van der Waals surface area contributed by atoms with Crippen molar-refractivity contribution in [2.24, 2.45) is 5.73 Å². The van der Waals surface area contributed by atoms with E-state index in [0.717, 1.165) is 6.92 Å². The molecule has 0 saturated carbocycles. The van der Waals surface area contributed by atoms with E-state index >= 15 is 0 Å². The molecule has 2 N–H and O–H groups in total. The average Bonchev–Trinajstić information content (AvgIpc) is 1.95. The minimum absolute atomic E-state index is 0.107. The molecule has 1 saturated heterocycles. The molecule has 1 atom stereocenters. The van der Waals surface area contributed by atoms with E-state index in [0.29, 0.717) is 6.54 Å². The summed E-state index contributed by atoms with van der Waals surface area (Å²) >= 11 is 0. The molecule has 1 fully saturated rings. The van der Waals surface area contributed by atoms with Crippen LogP contribution in [0, 0.1) is 0 Å². The normalized spacial score (nSPS) is 24.2. The number of nitrogens with two attached hydrogens (primary N) is 1. The van der Waals surface area contributed by atoms with Crippen LogP contribution in [-0.2, 0) is 4.79 Å². The summed E-state index contributed by atoms with van der Waals surface area (Å²) in [4.78, 5) is 12.2. The molecule has 0 aromatic rings. The van der Waals surface area contributed by atoms with Crippen LogP contribution in [0.1, 0.15) is 13.3 Å². The molecule has 0 radical (unpaired) electrons. The molecule has 1 amide bonds. The Morgan fingerprint density at radius 1 is 1.75 bits per heavy atom. The summed E-state index contributed by atoms with van der Waals surface area (Å²) in [7, 11) is 0. The highest BCUT2D eigenvalue weighted by atomic mass is 19.3. The lowest BCUT2D eigenvalue weighted by Crippen LogP contribution is -2.61. The van der Waals surface area contributed by atoms with Crippen LogP contribution in [0.5, 0.6) is 0 Å². The van der Waals surface area contributed by atoms with Gasteiger partial charge in [0, 0.05) is 19.5 Å². The summed E-state index contributed by atoms with van der Waals surface area (Å²) in [6.45, 7) is 1.36. The van der Waals surface area contributed by atoms with Gasteiger partial charge in [-0.15, -0.1) is 0 Å². The van der Waals surface area contributed by atoms with E-state index in [1.54, 1.807) is 0 Å². The summed E-state index contributed by atoms with van der Waals surface area (Å²) in [6.07, 6.45) is -0.286. The van der Waals surface area contributed by atoms with E-state index in [1.165, 1.54) is 4.90 Å². The van der Waals surface area contributed by atoms with Crippen molar-refractivity contribution in [3.8, 4) is 0 Å². The quantitative estimate of drug-likeness (QED) is 0.627. The number of hydrogen-bond acceptors (Lipinski definition) is 2. The van der Waals surface area contributed by atoms with Gasteiger partial charge in [0.15, 0.2) is 0 Å². The first-order valence-corrected chi connectivity index (χ1v) is 3.82. The number of β-lactam (4-membered cyclic amide) rings is 1. The Hall–Kier alpha value is -0.710. The molecule has 5 heteroatoms. The Morgan fingerprint density at radius 2 is 2.33 bits per heavy atom. The second-order valence-corrected chi connectivity index (χ2v) is 3.21. The molecule has 70 valence electrons. The second-order valence-electron chi connectivity index (χ2n) is 3.21. The van der Waals surface area contributed by atoms with Crippen molar-refractivity contribution in [2.75, 3.05) is 13.1 Å². The minimum Gasteiger partial charge on any atom is -0.339 e. The molecule has 0 aliphatic carbocycles. The number of hydrogen-bond donors (Lipinski definition) is 1. The van der Waals surface area contributed by atoms with Crippen molar-refractivity contribution in [1.29, 1.82) is 0 Å². The molecule has 1 aliphatic rings. The molecule has 0 aromatic carbocycles. The number of nitrogens with zero attached hydrogens (tertiary/aromatic N) is 1. The van der Waals surface area contributed by atoms with Gasteiger partial charge in [0.25, 0.3) is 0 Å². The Labute approximate surface area is 69.5 Å². The summed E-state index contributed by atoms with van der Waals surface area (Å²) < 4.78 is 24.6. The molecule has 1 rings (SSSR count). The van der Waals surface area contributed by atoms with Crippen LogP contribution in [0.15, 0.2) is 0 Å². The van der Waals surface area contributed by atoms with E-state index in [1.807, 2.05) is 0 Å². The van der Waals surface area contributed by atoms with E-state index in [2.05, 4.69) is 0 Å². The SMILES string of the molecule is CC(F)(F)CCN1CC(N)C1=O. The van der Waals surface area contributed by atoms with Gasteiger partial charge in [-0.3, -0.25) is 4.79 Å². The summed E-state index contributed by atoms with van der Waals surface area (Å²) in [5.41, 5.74) is 5.27. The lowest BCUT2D eigenvalue weighted by atomic mass is 10.1. The van der Waals surface area contributed by atoms with E-state index < -0.39 is 12.0 Å². The molecule has 0 spiro atoms. The summed E-state index contributed by atoms with van der Waals surface area (Å²) in [6, 6.07) is -0.463. The molecule has 1 heterocycles. The lowest BCUT2D eigenvalue weighted by molar-refractivity contribution is -0.143. The maximum absolute atomic E-state index is 12.3. The van der Waals surface area contributed by atoms with Gasteiger partial charge in [0.05, 0.1) is 0 Å². The Bertz CT molecular complexity index is 190. The fourth-order valence-corrected chi connectivity index (χ4v) is 1.06. The van der Waals surface area contributed by atoms with Gasteiger partial charge in [-0.05, 0) is 6.92 Å². The van der Waals surface area contributed by atoms with Crippen LogP contribution >= 0.6 is 0 Å². The number of alkyl halides is 2. The highest BCUT2D eigenvalue weighted by Gasteiger charge is 2.34. The number of amides is 1. The molecule has 3 nitrogen and oxygen atoms in total. The van der Waals surface area contributed by atoms with Crippen molar-refractivity contribution in [3.63, 3.8) is 0 Å². The van der Waals surface area contributed by atoms with Crippen molar-refractivity contribution in [3.05, 3.63) is 0 Å². The van der Waals surface area contributed by atoms with Gasteiger partial charge in [0.2, 0.25) is 11.8 Å². The topological polar surface area (TPSA) is 46.3 Å². The summed E-state index contributed by atoms with van der Waals surface area (Å²) in [5.74, 6) is -2.92. The zero-order chi connectivity index (χ0) is 9.35. The molecule has 0 aromatic heterocycles. The number of carbonyl (C=O) groups excluding carboxylic acids is 1. The third-order valence-corrected chi connectivity index (χ3v) is 1.87. The van der Waals surface area contributed by atoms with E-state index in [9.17, 15) is 13.6 Å². The average molecular weight is 178 g/mol. The fraction of sp³-hybridized carbons (Fsp3) is 0.857. The molecule has 12 heavy (non-hydrogen) atoms. The van der Waals surface area contributed by atoms with Gasteiger partial charge in [0.1, 0.15) is 6.04 Å². The highest BCUT2D eigenvalue weighted by Crippen LogP contribution is 2.19. The van der Waals surface area contributed by atoms with E-state index in [4.69, 9.17) is 5.73 Å². The minimum atomic E-state index is -2.69. The third kappa shape index (κ3) is 2.14. The van der Waals surface area contributed by atoms with Crippen molar-refractivity contribution < 1.29 is 13.6 Å². The maximum atomic E-state index is 12.3. The Morgan fingerprint density at radius 3 is 2.67 bits per heavy atom. The fourth-order valence-electron chi connectivity index (χ4n) is 1.06. The first-order chi connectivity index (χ1) is 5.40. The van der Waals surface area contributed by atoms with Gasteiger partial charge >= 0.3 is 0 Å². The monoisotopic (exact) mass is 178 g/mol. The predicted octanol–water partition coefficient (Wildman–Crippen LogP) is 0.201. The molecule has 1 aliphatic heterocycles. The number of carbonyl (C=O) groups is 1. The number of rotatable bonds is 3.